The van der Waals surface area contributed by atoms with Gasteiger partial charge in [0.15, 0.2) is 0 Å². The molecule has 0 spiro atoms. The zero-order valence-corrected chi connectivity index (χ0v) is 12.7. The van der Waals surface area contributed by atoms with Crippen molar-refractivity contribution < 1.29 is 9.18 Å². The smallest absolute Gasteiger partial charge is 0.256 e. The van der Waals surface area contributed by atoms with Gasteiger partial charge in [-0.2, -0.15) is 5.10 Å². The van der Waals surface area contributed by atoms with Gasteiger partial charge in [0.05, 0.1) is 6.20 Å². The summed E-state index contributed by atoms with van der Waals surface area (Å²) in [6, 6.07) is 6.41. The summed E-state index contributed by atoms with van der Waals surface area (Å²) in [6.07, 6.45) is 2.18. The van der Waals surface area contributed by atoms with Crippen LogP contribution in [-0.4, -0.2) is 35.8 Å². The molecule has 0 atom stereocenters. The quantitative estimate of drug-likeness (QED) is 0.791. The molecule has 0 saturated heterocycles. The molecule has 1 aromatic heterocycles. The lowest BCUT2D eigenvalue weighted by molar-refractivity contribution is 0.0954. The number of carbonyl (C=O) groups excluding carboxylic acids is 1. The molecule has 0 saturated carbocycles. The molecule has 22 heavy (non-hydrogen) atoms. The number of halogens is 1. The standard InChI is InChI=1S/C15H20FN5O/c1-20(12-6-3-5-11(16)9-12)8-4-7-18-15(22)13-10-19-21(2)14(13)17/h3,5-6,9-10H,4,7-8,17H2,1-2H3,(H,18,22). The van der Waals surface area contributed by atoms with Crippen LogP contribution in [0.2, 0.25) is 0 Å². The second kappa shape index (κ2) is 6.93. The van der Waals surface area contributed by atoms with E-state index in [1.807, 2.05) is 18.0 Å². The lowest BCUT2D eigenvalue weighted by atomic mass is 10.2. The molecule has 0 aliphatic heterocycles. The molecule has 7 heteroatoms. The predicted octanol–water partition coefficient (Wildman–Crippen LogP) is 1.40. The summed E-state index contributed by atoms with van der Waals surface area (Å²) in [7, 11) is 3.57. The van der Waals surface area contributed by atoms with Crippen LogP contribution in [0.25, 0.3) is 0 Å². The summed E-state index contributed by atoms with van der Waals surface area (Å²) in [6.45, 7) is 1.21. The summed E-state index contributed by atoms with van der Waals surface area (Å²) in [5.74, 6) is -0.155. The van der Waals surface area contributed by atoms with Crippen molar-refractivity contribution in [3.8, 4) is 0 Å². The number of rotatable bonds is 6. The third-order valence-electron chi connectivity index (χ3n) is 3.43. The van der Waals surface area contributed by atoms with E-state index in [1.54, 1.807) is 13.1 Å². The van der Waals surface area contributed by atoms with Crippen molar-refractivity contribution in [1.29, 1.82) is 0 Å². The van der Waals surface area contributed by atoms with E-state index in [4.69, 9.17) is 5.73 Å². The van der Waals surface area contributed by atoms with Crippen molar-refractivity contribution in [1.82, 2.24) is 15.1 Å². The molecular formula is C15H20FN5O. The first-order valence-electron chi connectivity index (χ1n) is 7.01. The van der Waals surface area contributed by atoms with E-state index >= 15 is 0 Å². The largest absolute Gasteiger partial charge is 0.383 e. The molecule has 2 aromatic rings. The van der Waals surface area contributed by atoms with E-state index in [0.717, 1.165) is 12.1 Å². The minimum absolute atomic E-state index is 0.237. The number of anilines is 2. The van der Waals surface area contributed by atoms with Crippen LogP contribution in [0, 0.1) is 5.82 Å². The highest BCUT2D eigenvalue weighted by Gasteiger charge is 2.12. The Kier molecular flexibility index (Phi) is 4.98. The number of amides is 1. The molecule has 0 unspecified atom stereocenters. The first-order chi connectivity index (χ1) is 10.5. The Bertz CT molecular complexity index is 655. The third-order valence-corrected chi connectivity index (χ3v) is 3.43. The number of benzene rings is 1. The Morgan fingerprint density at radius 3 is 2.91 bits per heavy atom. The highest BCUT2D eigenvalue weighted by atomic mass is 19.1. The van der Waals surface area contributed by atoms with E-state index in [1.165, 1.54) is 23.0 Å². The summed E-state index contributed by atoms with van der Waals surface area (Å²) in [4.78, 5) is 13.9. The van der Waals surface area contributed by atoms with Crippen molar-refractivity contribution in [3.05, 3.63) is 41.8 Å². The SMILES string of the molecule is CN(CCCNC(=O)c1cnn(C)c1N)c1cccc(F)c1. The fraction of sp³-hybridized carbons (Fsp3) is 0.333. The van der Waals surface area contributed by atoms with Crippen molar-refractivity contribution in [2.24, 2.45) is 7.05 Å². The van der Waals surface area contributed by atoms with Crippen LogP contribution in [0.15, 0.2) is 30.5 Å². The Balaban J connectivity index is 1.77. The molecule has 0 bridgehead atoms. The van der Waals surface area contributed by atoms with Crippen molar-refractivity contribution in [2.75, 3.05) is 30.8 Å². The Hall–Kier alpha value is -2.57. The molecular weight excluding hydrogens is 285 g/mol. The van der Waals surface area contributed by atoms with Crippen LogP contribution < -0.4 is 16.0 Å². The highest BCUT2D eigenvalue weighted by Crippen LogP contribution is 2.14. The van der Waals surface area contributed by atoms with Crippen molar-refractivity contribution in [2.45, 2.75) is 6.42 Å². The lowest BCUT2D eigenvalue weighted by Gasteiger charge is -2.19. The monoisotopic (exact) mass is 305 g/mol. The zero-order valence-electron chi connectivity index (χ0n) is 12.7. The van der Waals surface area contributed by atoms with Gasteiger partial charge in [0.25, 0.3) is 5.91 Å². The van der Waals surface area contributed by atoms with Crippen LogP contribution in [0.5, 0.6) is 0 Å². The highest BCUT2D eigenvalue weighted by molar-refractivity contribution is 5.98. The molecule has 0 aliphatic carbocycles. The molecule has 0 fully saturated rings. The van der Waals surface area contributed by atoms with E-state index in [9.17, 15) is 9.18 Å². The summed E-state index contributed by atoms with van der Waals surface area (Å²) >= 11 is 0. The van der Waals surface area contributed by atoms with Gasteiger partial charge in [0.2, 0.25) is 0 Å². The van der Waals surface area contributed by atoms with Gasteiger partial charge in [-0.05, 0) is 24.6 Å². The Morgan fingerprint density at radius 1 is 1.50 bits per heavy atom. The van der Waals surface area contributed by atoms with Crippen LogP contribution in [-0.2, 0) is 7.05 Å². The maximum Gasteiger partial charge on any atom is 0.256 e. The Labute approximate surface area is 128 Å². The fourth-order valence-electron chi connectivity index (χ4n) is 2.08. The number of aromatic nitrogens is 2. The number of carbonyl (C=O) groups is 1. The van der Waals surface area contributed by atoms with Gasteiger partial charge in [-0.25, -0.2) is 4.39 Å². The maximum atomic E-state index is 13.1. The van der Waals surface area contributed by atoms with Gasteiger partial charge in [-0.15, -0.1) is 0 Å². The van der Waals surface area contributed by atoms with Crippen LogP contribution in [0.1, 0.15) is 16.8 Å². The first kappa shape index (κ1) is 15.8. The number of nitrogens with zero attached hydrogens (tertiary/aromatic N) is 3. The van der Waals surface area contributed by atoms with Gasteiger partial charge in [0.1, 0.15) is 17.2 Å². The molecule has 1 heterocycles. The van der Waals surface area contributed by atoms with Crippen molar-refractivity contribution >= 4 is 17.4 Å². The number of hydrogen-bond acceptors (Lipinski definition) is 4. The average molecular weight is 305 g/mol. The van der Waals surface area contributed by atoms with E-state index < -0.39 is 0 Å². The van der Waals surface area contributed by atoms with Gasteiger partial charge >= 0.3 is 0 Å². The topological polar surface area (TPSA) is 76.2 Å². The van der Waals surface area contributed by atoms with Crippen LogP contribution in [0.4, 0.5) is 15.9 Å². The summed E-state index contributed by atoms with van der Waals surface area (Å²) < 4.78 is 14.6. The summed E-state index contributed by atoms with van der Waals surface area (Å²) in [5, 5.41) is 6.73. The van der Waals surface area contributed by atoms with E-state index in [2.05, 4.69) is 10.4 Å². The zero-order chi connectivity index (χ0) is 16.1. The molecule has 0 aliphatic rings. The second-order valence-corrected chi connectivity index (χ2v) is 5.08. The third kappa shape index (κ3) is 3.75. The molecule has 6 nitrogen and oxygen atoms in total. The first-order valence-corrected chi connectivity index (χ1v) is 7.01. The fourth-order valence-corrected chi connectivity index (χ4v) is 2.08. The molecule has 2 rings (SSSR count). The van der Waals surface area contributed by atoms with Crippen molar-refractivity contribution in [3.63, 3.8) is 0 Å². The molecule has 1 aromatic carbocycles. The predicted molar refractivity (Wildman–Crippen MR) is 84.2 cm³/mol. The number of hydrogen-bond donors (Lipinski definition) is 2. The van der Waals surface area contributed by atoms with E-state index in [0.29, 0.717) is 24.5 Å². The Morgan fingerprint density at radius 2 is 2.27 bits per heavy atom. The maximum absolute atomic E-state index is 13.1. The molecule has 118 valence electrons. The number of nitrogens with two attached hydrogens (primary N) is 1. The van der Waals surface area contributed by atoms with Gasteiger partial charge in [0, 0.05) is 32.9 Å². The molecule has 3 N–H and O–H groups in total. The molecule has 0 radical (unpaired) electrons. The molecule has 1 amide bonds. The lowest BCUT2D eigenvalue weighted by Crippen LogP contribution is -2.28. The normalized spacial score (nSPS) is 10.5. The second-order valence-electron chi connectivity index (χ2n) is 5.08. The minimum atomic E-state index is -0.260. The number of aryl methyl sites for hydroxylation is 1. The van der Waals surface area contributed by atoms with Crippen LogP contribution in [0.3, 0.4) is 0 Å². The van der Waals surface area contributed by atoms with Gasteiger partial charge in [-0.3, -0.25) is 9.48 Å². The number of nitrogen functional groups attached to an aromatic ring is 1. The van der Waals surface area contributed by atoms with Gasteiger partial charge < -0.3 is 16.0 Å². The minimum Gasteiger partial charge on any atom is -0.383 e. The van der Waals surface area contributed by atoms with Gasteiger partial charge in [-0.1, -0.05) is 6.07 Å². The van der Waals surface area contributed by atoms with Crippen LogP contribution >= 0.6 is 0 Å². The summed E-state index contributed by atoms with van der Waals surface area (Å²) in [5.41, 5.74) is 6.93. The average Bonchev–Trinajstić information content (AvgIpc) is 2.83. The van der Waals surface area contributed by atoms with E-state index in [-0.39, 0.29) is 11.7 Å². The number of nitrogens with one attached hydrogen (secondary N) is 1.